The summed E-state index contributed by atoms with van der Waals surface area (Å²) in [5, 5.41) is 8.30. The first-order chi connectivity index (χ1) is 13.7. The second kappa shape index (κ2) is 8.12. The topological polar surface area (TPSA) is 81.1 Å². The Balaban J connectivity index is 1.40. The van der Waals surface area contributed by atoms with Gasteiger partial charge in [0.25, 0.3) is 5.91 Å². The average molecular weight is 375 g/mol. The van der Waals surface area contributed by atoms with Crippen LogP contribution in [0.3, 0.4) is 0 Å². The van der Waals surface area contributed by atoms with Gasteiger partial charge in [0.2, 0.25) is 0 Å². The first kappa shape index (κ1) is 18.0. The number of ether oxygens (including phenoxy) is 1. The minimum atomic E-state index is 0.0244. The molecule has 1 amide bonds. The maximum atomic E-state index is 12.9. The lowest BCUT2D eigenvalue weighted by atomic mass is 10.0. The summed E-state index contributed by atoms with van der Waals surface area (Å²) in [7, 11) is 0. The largest absolute Gasteiger partial charge is 0.460 e. The third-order valence-electron chi connectivity index (χ3n) is 4.75. The summed E-state index contributed by atoms with van der Waals surface area (Å²) in [6, 6.07) is 13.5. The van der Waals surface area contributed by atoms with Crippen LogP contribution in [-0.2, 0) is 0 Å². The molecule has 1 aromatic carbocycles. The van der Waals surface area contributed by atoms with Crippen molar-refractivity contribution in [3.8, 4) is 17.3 Å². The molecule has 7 nitrogen and oxygen atoms in total. The van der Waals surface area contributed by atoms with Gasteiger partial charge >= 0.3 is 6.01 Å². The Hall–Kier alpha value is -3.35. The van der Waals surface area contributed by atoms with Crippen LogP contribution in [0.1, 0.15) is 28.9 Å². The van der Waals surface area contributed by atoms with Crippen molar-refractivity contribution in [1.29, 1.82) is 0 Å². The summed E-state index contributed by atoms with van der Waals surface area (Å²) in [6.45, 7) is 3.18. The maximum Gasteiger partial charge on any atom is 0.316 e. The van der Waals surface area contributed by atoms with Gasteiger partial charge in [0.15, 0.2) is 0 Å². The van der Waals surface area contributed by atoms with Gasteiger partial charge in [-0.15, -0.1) is 0 Å². The van der Waals surface area contributed by atoms with E-state index in [4.69, 9.17) is 4.74 Å². The van der Waals surface area contributed by atoms with Crippen LogP contribution in [0.15, 0.2) is 54.9 Å². The van der Waals surface area contributed by atoms with Gasteiger partial charge in [-0.25, -0.2) is 9.97 Å². The molecule has 0 unspecified atom stereocenters. The second-order valence-electron chi connectivity index (χ2n) is 6.78. The minimum absolute atomic E-state index is 0.0244. The zero-order valence-electron chi connectivity index (χ0n) is 15.7. The molecule has 1 aliphatic rings. The van der Waals surface area contributed by atoms with Crippen LogP contribution < -0.4 is 4.74 Å². The van der Waals surface area contributed by atoms with Crippen molar-refractivity contribution >= 4 is 5.91 Å². The Bertz CT molecular complexity index is 939. The van der Waals surface area contributed by atoms with E-state index in [0.29, 0.717) is 24.7 Å². The van der Waals surface area contributed by atoms with Crippen LogP contribution in [0.2, 0.25) is 0 Å². The lowest BCUT2D eigenvalue weighted by Crippen LogP contribution is -2.41. The number of benzene rings is 1. The third-order valence-corrected chi connectivity index (χ3v) is 4.75. The summed E-state index contributed by atoms with van der Waals surface area (Å²) in [6.07, 6.45) is 4.86. The molecule has 0 bridgehead atoms. The summed E-state index contributed by atoms with van der Waals surface area (Å²) in [4.78, 5) is 23.0. The Morgan fingerprint density at radius 3 is 2.54 bits per heavy atom. The van der Waals surface area contributed by atoms with Gasteiger partial charge in [0.05, 0.1) is 11.4 Å². The van der Waals surface area contributed by atoms with Crippen LogP contribution in [0.4, 0.5) is 0 Å². The molecule has 0 saturated carbocycles. The van der Waals surface area contributed by atoms with Gasteiger partial charge in [-0.3, -0.25) is 4.79 Å². The summed E-state index contributed by atoms with van der Waals surface area (Å²) < 4.78 is 5.80. The van der Waals surface area contributed by atoms with E-state index < -0.39 is 0 Å². The molecule has 4 rings (SSSR count). The number of carbonyl (C=O) groups is 1. The molecule has 0 spiro atoms. The highest BCUT2D eigenvalue weighted by Crippen LogP contribution is 2.21. The van der Waals surface area contributed by atoms with Crippen LogP contribution in [-0.4, -0.2) is 50.2 Å². The Morgan fingerprint density at radius 1 is 1.04 bits per heavy atom. The van der Waals surface area contributed by atoms with Crippen molar-refractivity contribution in [3.63, 3.8) is 0 Å². The van der Waals surface area contributed by atoms with Crippen LogP contribution in [0.25, 0.3) is 11.3 Å². The Morgan fingerprint density at radius 2 is 1.82 bits per heavy atom. The fourth-order valence-electron chi connectivity index (χ4n) is 3.22. The normalized spacial score (nSPS) is 14.7. The lowest BCUT2D eigenvalue weighted by molar-refractivity contribution is 0.0578. The van der Waals surface area contributed by atoms with E-state index in [1.165, 1.54) is 0 Å². The molecular formula is C21H21N5O2. The molecule has 2 aromatic heterocycles. The third kappa shape index (κ3) is 4.14. The van der Waals surface area contributed by atoms with Gasteiger partial charge in [0.1, 0.15) is 6.10 Å². The standard InChI is InChI=1S/C21H21N5O2/c1-15-6-7-19(25-24-15)16-4-2-5-17(14-16)20(27)26-12-8-18(9-13-26)28-21-22-10-3-11-23-21/h2-7,10-11,14,18H,8-9,12-13H2,1H3. The van der Waals surface area contributed by atoms with E-state index in [1.807, 2.05) is 48.2 Å². The van der Waals surface area contributed by atoms with Crippen molar-refractivity contribution in [2.45, 2.75) is 25.9 Å². The monoisotopic (exact) mass is 375 g/mol. The number of aromatic nitrogens is 4. The molecule has 7 heteroatoms. The zero-order valence-corrected chi connectivity index (χ0v) is 15.7. The highest BCUT2D eigenvalue weighted by atomic mass is 16.5. The van der Waals surface area contributed by atoms with Crippen LogP contribution >= 0.6 is 0 Å². The smallest absolute Gasteiger partial charge is 0.316 e. The molecule has 1 aliphatic heterocycles. The molecule has 0 atom stereocenters. The zero-order chi connectivity index (χ0) is 19.3. The van der Waals surface area contributed by atoms with Gasteiger partial charge in [-0.2, -0.15) is 10.2 Å². The van der Waals surface area contributed by atoms with Gasteiger partial charge in [-0.05, 0) is 37.3 Å². The molecule has 3 aromatic rings. The summed E-state index contributed by atoms with van der Waals surface area (Å²) >= 11 is 0. The predicted octanol–water partition coefficient (Wildman–Crippen LogP) is 2.93. The SMILES string of the molecule is Cc1ccc(-c2cccc(C(=O)N3CCC(Oc4ncccn4)CC3)c2)nn1. The Labute approximate surface area is 163 Å². The van der Waals surface area contributed by atoms with Crippen molar-refractivity contribution in [3.05, 3.63) is 66.1 Å². The number of nitrogens with zero attached hydrogens (tertiary/aromatic N) is 5. The van der Waals surface area contributed by atoms with Crippen molar-refractivity contribution < 1.29 is 9.53 Å². The van der Waals surface area contributed by atoms with Gasteiger partial charge in [-0.1, -0.05) is 12.1 Å². The van der Waals surface area contributed by atoms with E-state index in [1.54, 1.807) is 18.5 Å². The number of piperidine rings is 1. The van der Waals surface area contributed by atoms with Crippen molar-refractivity contribution in [1.82, 2.24) is 25.1 Å². The molecule has 0 N–H and O–H groups in total. The number of hydrogen-bond donors (Lipinski definition) is 0. The fraction of sp³-hybridized carbons (Fsp3) is 0.286. The highest BCUT2D eigenvalue weighted by molar-refractivity contribution is 5.95. The quantitative estimate of drug-likeness (QED) is 0.697. The minimum Gasteiger partial charge on any atom is -0.460 e. The molecule has 0 radical (unpaired) electrons. The molecule has 1 saturated heterocycles. The summed E-state index contributed by atoms with van der Waals surface area (Å²) in [5.74, 6) is 0.0244. The lowest BCUT2D eigenvalue weighted by Gasteiger charge is -2.31. The summed E-state index contributed by atoms with van der Waals surface area (Å²) in [5.41, 5.74) is 3.17. The van der Waals surface area contributed by atoms with E-state index in [9.17, 15) is 4.79 Å². The molecule has 142 valence electrons. The van der Waals surface area contributed by atoms with Crippen molar-refractivity contribution in [2.75, 3.05) is 13.1 Å². The molecule has 3 heterocycles. The molecule has 1 fully saturated rings. The van der Waals surface area contributed by atoms with Gasteiger partial charge in [0, 0.05) is 49.5 Å². The number of likely N-dealkylation sites (tertiary alicyclic amines) is 1. The van der Waals surface area contributed by atoms with Gasteiger partial charge < -0.3 is 9.64 Å². The second-order valence-corrected chi connectivity index (χ2v) is 6.78. The predicted molar refractivity (Wildman–Crippen MR) is 104 cm³/mol. The van der Waals surface area contributed by atoms with Crippen molar-refractivity contribution in [2.24, 2.45) is 0 Å². The average Bonchev–Trinajstić information content (AvgIpc) is 2.75. The molecular weight excluding hydrogens is 354 g/mol. The Kier molecular flexibility index (Phi) is 5.23. The van der Waals surface area contributed by atoms with E-state index in [-0.39, 0.29) is 12.0 Å². The number of hydrogen-bond acceptors (Lipinski definition) is 6. The first-order valence-corrected chi connectivity index (χ1v) is 9.33. The molecule has 28 heavy (non-hydrogen) atoms. The number of aryl methyl sites for hydroxylation is 1. The first-order valence-electron chi connectivity index (χ1n) is 9.33. The highest BCUT2D eigenvalue weighted by Gasteiger charge is 2.25. The number of amides is 1. The van der Waals surface area contributed by atoms with E-state index in [0.717, 1.165) is 29.8 Å². The molecule has 0 aliphatic carbocycles. The maximum absolute atomic E-state index is 12.9. The van der Waals surface area contributed by atoms with E-state index >= 15 is 0 Å². The fourth-order valence-corrected chi connectivity index (χ4v) is 3.22. The van der Waals surface area contributed by atoms with E-state index in [2.05, 4.69) is 20.2 Å². The number of rotatable bonds is 4. The van der Waals surface area contributed by atoms with Crippen LogP contribution in [0.5, 0.6) is 6.01 Å². The number of carbonyl (C=O) groups excluding carboxylic acids is 1. The van der Waals surface area contributed by atoms with Crippen LogP contribution in [0, 0.1) is 6.92 Å².